The Morgan fingerprint density at radius 3 is 2.70 bits per heavy atom. The van der Waals surface area contributed by atoms with Crippen molar-refractivity contribution in [2.24, 2.45) is 5.92 Å². The van der Waals surface area contributed by atoms with E-state index in [2.05, 4.69) is 35.9 Å². The molecule has 4 rings (SSSR count). The molecule has 1 aromatic carbocycles. The summed E-state index contributed by atoms with van der Waals surface area (Å²) in [7, 11) is 0. The van der Waals surface area contributed by atoms with Gasteiger partial charge in [0.15, 0.2) is 0 Å². The molecular weight excluding hydrogens is 427 g/mol. The monoisotopic (exact) mass is 452 g/mol. The largest absolute Gasteiger partial charge is 0.395 e. The number of anilines is 4. The number of carbonyl (C=O) groups excluding carboxylic acids is 1. The zero-order chi connectivity index (χ0) is 23.2. The number of hydrogen-bond donors (Lipinski definition) is 4. The minimum Gasteiger partial charge on any atom is -0.395 e. The number of aliphatic hydroxyl groups is 1. The minimum absolute atomic E-state index is 0.0875. The van der Waals surface area contributed by atoms with E-state index in [4.69, 9.17) is 5.11 Å². The molecule has 11 heteroatoms. The Hall–Kier alpha value is -3.86. The molecule has 0 saturated carbocycles. The number of nitrogens with zero attached hydrogens (tertiary/aromatic N) is 5. The molecule has 1 saturated heterocycles. The van der Waals surface area contributed by atoms with Crippen LogP contribution in [-0.2, 0) is 4.79 Å². The Bertz CT molecular complexity index is 1080. The fraction of sp³-hybridized carbons (Fsp3) is 0.318. The van der Waals surface area contributed by atoms with Gasteiger partial charge in [0.1, 0.15) is 23.3 Å². The number of aliphatic hydroxyl groups excluding tert-OH is 1. The molecule has 2 aromatic heterocycles. The lowest BCUT2D eigenvalue weighted by molar-refractivity contribution is -0.125. The van der Waals surface area contributed by atoms with Crippen LogP contribution in [0.3, 0.4) is 0 Å². The number of benzene rings is 1. The van der Waals surface area contributed by atoms with Gasteiger partial charge in [-0.25, -0.2) is 9.37 Å². The fourth-order valence-electron chi connectivity index (χ4n) is 3.40. The molecule has 1 aliphatic rings. The van der Waals surface area contributed by atoms with Gasteiger partial charge < -0.3 is 26.0 Å². The van der Waals surface area contributed by atoms with Crippen LogP contribution in [0.2, 0.25) is 0 Å². The van der Waals surface area contributed by atoms with Crippen molar-refractivity contribution in [3.8, 4) is 0 Å². The smallest absolute Gasteiger partial charge is 0.227 e. The van der Waals surface area contributed by atoms with E-state index >= 15 is 0 Å². The maximum atomic E-state index is 13.3. The molecule has 4 N–H and O–H groups in total. The van der Waals surface area contributed by atoms with Gasteiger partial charge in [0.25, 0.3) is 0 Å². The fourth-order valence-corrected chi connectivity index (χ4v) is 3.40. The predicted molar refractivity (Wildman–Crippen MR) is 122 cm³/mol. The highest BCUT2D eigenvalue weighted by Gasteiger charge is 2.33. The van der Waals surface area contributed by atoms with Gasteiger partial charge in [-0.2, -0.15) is 9.97 Å². The molecular formula is C22H25FN8O2. The van der Waals surface area contributed by atoms with Gasteiger partial charge in [-0.15, -0.1) is 0 Å². The van der Waals surface area contributed by atoms with Crippen LogP contribution in [0.1, 0.15) is 18.5 Å². The quantitative estimate of drug-likeness (QED) is 0.385. The third-order valence-electron chi connectivity index (χ3n) is 5.23. The Labute approximate surface area is 190 Å². The highest BCUT2D eigenvalue weighted by atomic mass is 19.1. The van der Waals surface area contributed by atoms with Gasteiger partial charge in [-0.1, -0.05) is 12.1 Å². The summed E-state index contributed by atoms with van der Waals surface area (Å²) in [4.78, 5) is 31.5. The predicted octanol–water partition coefficient (Wildman–Crippen LogP) is 1.87. The van der Waals surface area contributed by atoms with Crippen LogP contribution in [-0.4, -0.2) is 57.2 Å². The molecule has 0 unspecified atom stereocenters. The Balaban J connectivity index is 1.52. The SMILES string of the molecule is C[C@H](Nc1nc(Nc2cnccn2)cc(N2CC(C(=O)NCCO)C2)n1)c1ccc(F)cc1. The molecule has 1 aliphatic heterocycles. The molecule has 1 amide bonds. The van der Waals surface area contributed by atoms with Crippen molar-refractivity contribution in [2.75, 3.05) is 41.8 Å². The van der Waals surface area contributed by atoms with Crippen LogP contribution in [0.4, 0.5) is 27.8 Å². The maximum Gasteiger partial charge on any atom is 0.227 e. The lowest BCUT2D eigenvalue weighted by Gasteiger charge is -2.39. The van der Waals surface area contributed by atoms with Crippen LogP contribution >= 0.6 is 0 Å². The number of nitrogens with one attached hydrogen (secondary N) is 3. The van der Waals surface area contributed by atoms with Crippen molar-refractivity contribution in [2.45, 2.75) is 13.0 Å². The van der Waals surface area contributed by atoms with Gasteiger partial charge >= 0.3 is 0 Å². The van der Waals surface area contributed by atoms with Gasteiger partial charge in [-0.3, -0.25) is 9.78 Å². The molecule has 3 aromatic rings. The van der Waals surface area contributed by atoms with Gasteiger partial charge in [0.05, 0.1) is 24.8 Å². The van der Waals surface area contributed by atoms with E-state index in [0.29, 0.717) is 36.5 Å². The summed E-state index contributed by atoms with van der Waals surface area (Å²) in [5.74, 6) is 1.52. The van der Waals surface area contributed by atoms with Crippen LogP contribution in [0, 0.1) is 11.7 Å². The molecule has 1 fully saturated rings. The first-order valence-electron chi connectivity index (χ1n) is 10.6. The normalized spacial score (nSPS) is 14.3. The molecule has 0 aliphatic carbocycles. The van der Waals surface area contributed by atoms with Crippen molar-refractivity contribution in [3.63, 3.8) is 0 Å². The zero-order valence-corrected chi connectivity index (χ0v) is 18.1. The number of carbonyl (C=O) groups is 1. The lowest BCUT2D eigenvalue weighted by atomic mass is 9.99. The molecule has 0 bridgehead atoms. The van der Waals surface area contributed by atoms with E-state index in [9.17, 15) is 9.18 Å². The highest BCUT2D eigenvalue weighted by molar-refractivity contribution is 5.82. The zero-order valence-electron chi connectivity index (χ0n) is 18.1. The maximum absolute atomic E-state index is 13.3. The first-order chi connectivity index (χ1) is 16.0. The summed E-state index contributed by atoms with van der Waals surface area (Å²) in [6.07, 6.45) is 4.74. The number of halogens is 1. The molecule has 172 valence electrons. The van der Waals surface area contributed by atoms with Crippen LogP contribution in [0.5, 0.6) is 0 Å². The van der Waals surface area contributed by atoms with Crippen molar-refractivity contribution in [1.82, 2.24) is 25.3 Å². The highest BCUT2D eigenvalue weighted by Crippen LogP contribution is 2.28. The summed E-state index contributed by atoms with van der Waals surface area (Å²) in [5.41, 5.74) is 0.887. The third-order valence-corrected chi connectivity index (χ3v) is 5.23. The van der Waals surface area contributed by atoms with Gasteiger partial charge in [0.2, 0.25) is 11.9 Å². The van der Waals surface area contributed by atoms with E-state index in [0.717, 1.165) is 5.56 Å². The Kier molecular flexibility index (Phi) is 6.89. The molecule has 33 heavy (non-hydrogen) atoms. The van der Waals surface area contributed by atoms with Crippen LogP contribution in [0.25, 0.3) is 0 Å². The Morgan fingerprint density at radius 2 is 2.00 bits per heavy atom. The molecule has 3 heterocycles. The standard InChI is InChI=1S/C22H25FN8O2/c1-14(15-2-4-17(23)5-3-15)27-22-29-18(28-19-11-24-6-7-25-19)10-20(30-22)31-12-16(13-31)21(33)26-8-9-32/h2-7,10-11,14,16,32H,8-9,12-13H2,1H3,(H,26,33)(H2,25,27,28,29,30)/t14-/m0/s1. The van der Waals surface area contributed by atoms with E-state index < -0.39 is 0 Å². The van der Waals surface area contributed by atoms with E-state index in [1.54, 1.807) is 36.8 Å². The topological polar surface area (TPSA) is 128 Å². The third kappa shape index (κ3) is 5.69. The number of rotatable bonds is 9. The summed E-state index contributed by atoms with van der Waals surface area (Å²) in [5, 5.41) is 18.0. The van der Waals surface area contributed by atoms with Crippen molar-refractivity contribution in [1.29, 1.82) is 0 Å². The average molecular weight is 452 g/mol. The number of hydrogen-bond acceptors (Lipinski definition) is 9. The van der Waals surface area contributed by atoms with E-state index in [1.165, 1.54) is 12.1 Å². The second-order valence-corrected chi connectivity index (χ2v) is 7.68. The van der Waals surface area contributed by atoms with Gasteiger partial charge in [-0.05, 0) is 24.6 Å². The van der Waals surface area contributed by atoms with Crippen molar-refractivity contribution in [3.05, 3.63) is 60.3 Å². The van der Waals surface area contributed by atoms with Crippen LogP contribution in [0.15, 0.2) is 48.9 Å². The molecule has 1 atom stereocenters. The van der Waals surface area contributed by atoms with Crippen molar-refractivity contribution >= 4 is 29.3 Å². The summed E-state index contributed by atoms with van der Waals surface area (Å²) >= 11 is 0. The van der Waals surface area contributed by atoms with Gasteiger partial charge in [0, 0.05) is 38.1 Å². The van der Waals surface area contributed by atoms with Crippen molar-refractivity contribution < 1.29 is 14.3 Å². The number of amides is 1. The van der Waals surface area contributed by atoms with E-state index in [-0.39, 0.29) is 36.8 Å². The second kappa shape index (κ2) is 10.2. The molecule has 10 nitrogen and oxygen atoms in total. The van der Waals surface area contributed by atoms with E-state index in [1.807, 2.05) is 11.8 Å². The second-order valence-electron chi connectivity index (χ2n) is 7.68. The van der Waals surface area contributed by atoms with Crippen LogP contribution < -0.4 is 20.9 Å². The summed E-state index contributed by atoms with van der Waals surface area (Å²) in [6.45, 7) is 3.10. The number of aromatic nitrogens is 4. The minimum atomic E-state index is -0.296. The first-order valence-corrected chi connectivity index (χ1v) is 10.6. The lowest BCUT2D eigenvalue weighted by Crippen LogP contribution is -2.54. The summed E-state index contributed by atoms with van der Waals surface area (Å²) in [6, 6.07) is 7.85. The first kappa shape index (κ1) is 22.3. The Morgan fingerprint density at radius 1 is 1.21 bits per heavy atom. The average Bonchev–Trinajstić information content (AvgIpc) is 2.77. The molecule has 0 radical (unpaired) electrons. The molecule has 0 spiro atoms. The summed E-state index contributed by atoms with van der Waals surface area (Å²) < 4.78 is 13.3.